The Hall–Kier alpha value is -4.13. The fraction of sp³-hybridized carbons (Fsp3) is 0.250. The van der Waals surface area contributed by atoms with Crippen molar-refractivity contribution in [2.45, 2.75) is 31.8 Å². The molecule has 0 aliphatic heterocycles. The van der Waals surface area contributed by atoms with Crippen molar-refractivity contribution in [3.63, 3.8) is 0 Å². The predicted octanol–water partition coefficient (Wildman–Crippen LogP) is 3.48. The minimum absolute atomic E-state index is 0.0448. The van der Waals surface area contributed by atoms with Gasteiger partial charge in [-0.15, -0.1) is 0 Å². The number of primary amides is 1. The number of amides is 3. The fourth-order valence-electron chi connectivity index (χ4n) is 3.80. The van der Waals surface area contributed by atoms with Crippen molar-refractivity contribution in [1.29, 1.82) is 0 Å². The van der Waals surface area contributed by atoms with Crippen molar-refractivity contribution in [3.05, 3.63) is 100 Å². The Morgan fingerprint density at radius 2 is 1.71 bits per heavy atom. The summed E-state index contributed by atoms with van der Waals surface area (Å²) < 4.78 is 5.27. The molecular weight excluding hydrogens is 442 g/mol. The zero-order valence-corrected chi connectivity index (χ0v) is 19.6. The zero-order chi connectivity index (χ0) is 24.8. The highest BCUT2D eigenvalue weighted by Gasteiger charge is 2.27. The lowest BCUT2D eigenvalue weighted by Crippen LogP contribution is -2.29. The van der Waals surface area contributed by atoms with E-state index in [1.807, 2.05) is 36.4 Å². The van der Waals surface area contributed by atoms with E-state index in [0.717, 1.165) is 29.7 Å². The van der Waals surface area contributed by atoms with Gasteiger partial charge < -0.3 is 21.1 Å². The number of hydrogen-bond donors (Lipinski definition) is 3. The maximum absolute atomic E-state index is 12.9. The lowest BCUT2D eigenvalue weighted by molar-refractivity contribution is -0.117. The first-order valence-corrected chi connectivity index (χ1v) is 11.6. The second-order valence-corrected chi connectivity index (χ2v) is 8.73. The number of nitrogens with one attached hydrogen (secondary N) is 2. The molecular formula is C28H29N3O4. The van der Waals surface area contributed by atoms with Crippen molar-refractivity contribution in [3.8, 4) is 0 Å². The number of allylic oxidation sites excluding steroid dienone is 3. The van der Waals surface area contributed by atoms with Gasteiger partial charge in [-0.05, 0) is 72.9 Å². The zero-order valence-electron chi connectivity index (χ0n) is 19.6. The molecule has 180 valence electrons. The van der Waals surface area contributed by atoms with Crippen molar-refractivity contribution < 1.29 is 19.1 Å². The van der Waals surface area contributed by atoms with Gasteiger partial charge in [0.2, 0.25) is 11.8 Å². The standard InChI is InChI=1S/C28H29N3O4/c1-35-24-14-10-20(11-15-24)25(28(34)31-23-12-13-23)16-18-2-8-22(9-3-18)27(33)30-17-19-4-6-21(7-5-19)26(29)32/h2-10,14-16,20,23H,11-13,17H2,1H3,(H2,29,32)(H,30,33)(H,31,34)/b25-16+. The molecule has 35 heavy (non-hydrogen) atoms. The van der Waals surface area contributed by atoms with Gasteiger partial charge in [0.15, 0.2) is 0 Å². The molecule has 2 aliphatic carbocycles. The molecule has 7 heteroatoms. The van der Waals surface area contributed by atoms with E-state index >= 15 is 0 Å². The lowest BCUT2D eigenvalue weighted by atomic mass is 9.89. The van der Waals surface area contributed by atoms with E-state index in [-0.39, 0.29) is 23.8 Å². The number of nitrogens with two attached hydrogens (primary N) is 1. The monoisotopic (exact) mass is 471 g/mol. The Morgan fingerprint density at radius 3 is 2.29 bits per heavy atom. The maximum atomic E-state index is 12.9. The smallest absolute Gasteiger partial charge is 0.251 e. The summed E-state index contributed by atoms with van der Waals surface area (Å²) in [6, 6.07) is 14.2. The van der Waals surface area contributed by atoms with Gasteiger partial charge in [0.1, 0.15) is 5.76 Å². The maximum Gasteiger partial charge on any atom is 0.251 e. The minimum atomic E-state index is -0.487. The molecule has 1 fully saturated rings. The van der Waals surface area contributed by atoms with Crippen molar-refractivity contribution in [1.82, 2.24) is 10.6 Å². The molecule has 4 rings (SSSR count). The molecule has 0 heterocycles. The Balaban J connectivity index is 1.43. The molecule has 1 unspecified atom stereocenters. The third-order valence-corrected chi connectivity index (χ3v) is 6.06. The van der Waals surface area contributed by atoms with Crippen LogP contribution in [0.1, 0.15) is 51.1 Å². The summed E-state index contributed by atoms with van der Waals surface area (Å²) in [5.41, 5.74) is 8.59. The van der Waals surface area contributed by atoms with Crippen molar-refractivity contribution in [2.75, 3.05) is 7.11 Å². The summed E-state index contributed by atoms with van der Waals surface area (Å²) in [6.45, 7) is 0.329. The molecule has 2 aliphatic rings. The molecule has 3 amide bonds. The van der Waals surface area contributed by atoms with Crippen LogP contribution in [0.25, 0.3) is 6.08 Å². The van der Waals surface area contributed by atoms with Crippen molar-refractivity contribution >= 4 is 23.8 Å². The molecule has 1 atom stereocenters. The van der Waals surface area contributed by atoms with Crippen molar-refractivity contribution in [2.24, 2.45) is 11.7 Å². The lowest BCUT2D eigenvalue weighted by Gasteiger charge is -2.19. The second kappa shape index (κ2) is 10.9. The first kappa shape index (κ1) is 24.0. The van der Waals surface area contributed by atoms with E-state index < -0.39 is 5.91 Å². The average molecular weight is 472 g/mol. The number of rotatable bonds is 9. The molecule has 0 radical (unpaired) electrons. The SMILES string of the molecule is COC1=CCC(/C(=C\c2ccc(C(=O)NCc3ccc(C(N)=O)cc3)cc2)C(=O)NC2CC2)C=C1. The van der Waals surface area contributed by atoms with Gasteiger partial charge in [0.25, 0.3) is 5.91 Å². The molecule has 0 spiro atoms. The third kappa shape index (κ3) is 6.47. The van der Waals surface area contributed by atoms with Crippen LogP contribution < -0.4 is 16.4 Å². The van der Waals surface area contributed by atoms with Crippen LogP contribution in [0.2, 0.25) is 0 Å². The van der Waals surface area contributed by atoms with Crippen LogP contribution in [0.3, 0.4) is 0 Å². The molecule has 4 N–H and O–H groups in total. The number of carbonyl (C=O) groups is 3. The van der Waals surface area contributed by atoms with Crippen LogP contribution in [0.5, 0.6) is 0 Å². The average Bonchev–Trinajstić information content (AvgIpc) is 3.70. The normalized spacial score (nSPS) is 17.3. The van der Waals surface area contributed by atoms with Crippen LogP contribution in [0.15, 0.2) is 78.1 Å². The van der Waals surface area contributed by atoms with E-state index in [9.17, 15) is 14.4 Å². The van der Waals surface area contributed by atoms with Gasteiger partial charge in [0.05, 0.1) is 7.11 Å². The van der Waals surface area contributed by atoms with Gasteiger partial charge in [-0.25, -0.2) is 0 Å². The van der Waals surface area contributed by atoms with E-state index in [4.69, 9.17) is 10.5 Å². The molecule has 1 saturated carbocycles. The van der Waals surface area contributed by atoms with Crippen LogP contribution >= 0.6 is 0 Å². The van der Waals surface area contributed by atoms with Gasteiger partial charge in [-0.2, -0.15) is 0 Å². The highest BCUT2D eigenvalue weighted by Crippen LogP contribution is 2.28. The Morgan fingerprint density at radius 1 is 1.03 bits per heavy atom. The van der Waals surface area contributed by atoms with Gasteiger partial charge >= 0.3 is 0 Å². The van der Waals surface area contributed by atoms with Gasteiger partial charge in [-0.3, -0.25) is 14.4 Å². The number of methoxy groups -OCH3 is 1. The largest absolute Gasteiger partial charge is 0.497 e. The summed E-state index contributed by atoms with van der Waals surface area (Å²) in [5, 5.41) is 5.96. The Kier molecular flexibility index (Phi) is 7.45. The van der Waals surface area contributed by atoms with E-state index in [1.165, 1.54) is 0 Å². The topological polar surface area (TPSA) is 111 Å². The number of ether oxygens (including phenoxy) is 1. The second-order valence-electron chi connectivity index (χ2n) is 8.73. The molecule has 0 bridgehead atoms. The molecule has 0 saturated heterocycles. The highest BCUT2D eigenvalue weighted by molar-refractivity contribution is 5.99. The van der Waals surface area contributed by atoms with Crippen LogP contribution in [-0.2, 0) is 16.1 Å². The number of carbonyl (C=O) groups excluding carboxylic acids is 3. The number of benzene rings is 2. The van der Waals surface area contributed by atoms with Crippen LogP contribution in [0.4, 0.5) is 0 Å². The quantitative estimate of drug-likeness (QED) is 0.486. The number of hydrogen-bond acceptors (Lipinski definition) is 4. The van der Waals surface area contributed by atoms with E-state index in [2.05, 4.69) is 10.6 Å². The van der Waals surface area contributed by atoms with E-state index in [0.29, 0.717) is 29.7 Å². The summed E-state index contributed by atoms with van der Waals surface area (Å²) in [6.07, 6.45) is 10.5. The highest BCUT2D eigenvalue weighted by atomic mass is 16.5. The minimum Gasteiger partial charge on any atom is -0.497 e. The Labute approximate surface area is 204 Å². The summed E-state index contributed by atoms with van der Waals surface area (Å²) in [4.78, 5) is 36.7. The van der Waals surface area contributed by atoms with Gasteiger partial charge in [0, 0.05) is 35.2 Å². The molecule has 0 aromatic heterocycles. The van der Waals surface area contributed by atoms with Crippen LogP contribution in [0, 0.1) is 5.92 Å². The molecule has 7 nitrogen and oxygen atoms in total. The van der Waals surface area contributed by atoms with Crippen LogP contribution in [-0.4, -0.2) is 30.9 Å². The van der Waals surface area contributed by atoms with E-state index in [1.54, 1.807) is 43.5 Å². The molecule has 2 aromatic carbocycles. The summed E-state index contributed by atoms with van der Waals surface area (Å²) >= 11 is 0. The summed E-state index contributed by atoms with van der Waals surface area (Å²) in [5.74, 6) is -0.00296. The first-order chi connectivity index (χ1) is 16.9. The Bertz CT molecular complexity index is 1190. The first-order valence-electron chi connectivity index (χ1n) is 11.6. The third-order valence-electron chi connectivity index (χ3n) is 6.06. The molecule has 2 aromatic rings. The summed E-state index contributed by atoms with van der Waals surface area (Å²) in [7, 11) is 1.63. The fourth-order valence-corrected chi connectivity index (χ4v) is 3.80. The predicted molar refractivity (Wildman–Crippen MR) is 134 cm³/mol. The van der Waals surface area contributed by atoms with Gasteiger partial charge in [-0.1, -0.05) is 30.3 Å².